The van der Waals surface area contributed by atoms with Gasteiger partial charge in [0, 0.05) is 31.3 Å². The van der Waals surface area contributed by atoms with E-state index in [1.165, 1.54) is 7.11 Å². The number of benzene rings is 4. The number of para-hydroxylation sites is 1. The molecule has 12 nitrogen and oxygen atoms in total. The third kappa shape index (κ3) is 8.29. The van der Waals surface area contributed by atoms with Gasteiger partial charge in [-0.25, -0.2) is 9.69 Å². The first-order valence-electron chi connectivity index (χ1n) is 23.4. The quantitative estimate of drug-likeness (QED) is 0.0945. The second kappa shape index (κ2) is 20.1. The summed E-state index contributed by atoms with van der Waals surface area (Å²) < 4.78 is 24.0. The molecule has 66 heavy (non-hydrogen) atoms. The Hall–Kier alpha value is -6.26. The Labute approximate surface area is 386 Å². The van der Waals surface area contributed by atoms with Crippen molar-refractivity contribution < 1.29 is 43.2 Å². The van der Waals surface area contributed by atoms with Gasteiger partial charge in [-0.15, -0.1) is 0 Å². The minimum atomic E-state index is -1.97. The van der Waals surface area contributed by atoms with Crippen molar-refractivity contribution in [2.75, 3.05) is 51.5 Å². The number of amides is 3. The molecule has 3 amide bonds. The average molecular weight is 892 g/mol. The summed E-state index contributed by atoms with van der Waals surface area (Å²) >= 11 is 0. The lowest BCUT2D eigenvalue weighted by Gasteiger charge is -2.46. The fourth-order valence-electron chi connectivity index (χ4n) is 11.0. The molecule has 12 heteroatoms. The van der Waals surface area contributed by atoms with Crippen LogP contribution in [0.15, 0.2) is 115 Å². The molecular formula is C54H57N3O9. The largest absolute Gasteiger partial charge is 0.491 e. The molecule has 1 spiro atoms. The fourth-order valence-corrected chi connectivity index (χ4v) is 11.0. The van der Waals surface area contributed by atoms with Crippen molar-refractivity contribution in [2.24, 2.45) is 5.92 Å². The number of methoxy groups -OCH3 is 1. The van der Waals surface area contributed by atoms with Crippen LogP contribution in [0.3, 0.4) is 0 Å². The maximum absolute atomic E-state index is 16.6. The fraction of sp³-hybridized carbons (Fsp3) is 0.407. The lowest BCUT2D eigenvalue weighted by molar-refractivity contribution is -0.179. The van der Waals surface area contributed by atoms with E-state index in [1.54, 1.807) is 18.2 Å². The van der Waals surface area contributed by atoms with E-state index >= 15 is 14.4 Å². The first-order valence-corrected chi connectivity index (χ1v) is 23.4. The third-order valence-corrected chi connectivity index (χ3v) is 13.8. The van der Waals surface area contributed by atoms with Crippen LogP contribution < -0.4 is 9.64 Å². The van der Waals surface area contributed by atoms with Crippen molar-refractivity contribution in [3.63, 3.8) is 0 Å². The maximum Gasteiger partial charge on any atom is 0.421 e. The van der Waals surface area contributed by atoms with Crippen LogP contribution in [0, 0.1) is 17.8 Å². The number of hydrogen-bond acceptors (Lipinski definition) is 10. The molecule has 0 unspecified atom stereocenters. The number of imide groups is 1. The number of ether oxygens (including phenoxy) is 4. The molecule has 0 aromatic heterocycles. The summed E-state index contributed by atoms with van der Waals surface area (Å²) in [6.07, 6.45) is 8.75. The molecule has 4 heterocycles. The van der Waals surface area contributed by atoms with Crippen molar-refractivity contribution in [1.29, 1.82) is 0 Å². The van der Waals surface area contributed by atoms with Crippen LogP contribution in [0.4, 0.5) is 10.5 Å². The number of cyclic esters (lactones) is 1. The van der Waals surface area contributed by atoms with Crippen LogP contribution in [0.1, 0.15) is 104 Å². The number of hydrogen-bond donors (Lipinski definition) is 1. The average Bonchev–Trinajstić information content (AvgIpc) is 3.79. The van der Waals surface area contributed by atoms with Gasteiger partial charge in [0.15, 0.2) is 0 Å². The molecule has 3 saturated heterocycles. The Bertz CT molecular complexity index is 2510. The predicted molar refractivity (Wildman–Crippen MR) is 247 cm³/mol. The molecule has 4 aromatic carbocycles. The number of allylic oxidation sites excluding steroid dienone is 2. The number of likely N-dealkylation sites (tertiary alicyclic amines) is 1. The van der Waals surface area contributed by atoms with Crippen LogP contribution in [0.5, 0.6) is 5.75 Å². The molecule has 3 fully saturated rings. The second-order valence-electron chi connectivity index (χ2n) is 17.7. The molecule has 4 aromatic rings. The van der Waals surface area contributed by atoms with Gasteiger partial charge in [0.1, 0.15) is 36.5 Å². The monoisotopic (exact) mass is 891 g/mol. The van der Waals surface area contributed by atoms with Gasteiger partial charge in [0.2, 0.25) is 11.8 Å². The topological polar surface area (TPSA) is 135 Å². The van der Waals surface area contributed by atoms with Gasteiger partial charge >= 0.3 is 12.1 Å². The van der Waals surface area contributed by atoms with E-state index in [4.69, 9.17) is 18.9 Å². The normalized spacial score (nSPS) is 25.1. The molecule has 6 atom stereocenters. The van der Waals surface area contributed by atoms with Gasteiger partial charge in [0.25, 0.3) is 0 Å². The highest BCUT2D eigenvalue weighted by Gasteiger charge is 2.76. The van der Waals surface area contributed by atoms with Gasteiger partial charge in [-0.3, -0.25) is 19.3 Å². The summed E-state index contributed by atoms with van der Waals surface area (Å²) in [5.41, 5.74) is 2.27. The third-order valence-electron chi connectivity index (χ3n) is 13.8. The van der Waals surface area contributed by atoms with Crippen molar-refractivity contribution in [3.8, 4) is 17.6 Å². The highest BCUT2D eigenvalue weighted by molar-refractivity contribution is 6.23. The van der Waals surface area contributed by atoms with Gasteiger partial charge in [0.05, 0.1) is 36.9 Å². The zero-order valence-corrected chi connectivity index (χ0v) is 37.4. The lowest BCUT2D eigenvalue weighted by atomic mass is 9.64. The predicted octanol–water partition coefficient (Wildman–Crippen LogP) is 8.15. The molecular weight excluding hydrogens is 835 g/mol. The molecule has 0 bridgehead atoms. The highest BCUT2D eigenvalue weighted by atomic mass is 16.6. The SMILES string of the molecule is COCCOC(=O)N1C(=O)[C@@]2(c3cc(C#CC4=CCCCC4)ccc31)[C@H](c1ccccc1OCCO)N1[C@H](c3ccccc3)[C@H](c3ccccc3)OC(=O)[C@H]1[C@@H]2C(=O)N1CCCCCCC1. The Morgan fingerprint density at radius 3 is 2.21 bits per heavy atom. The Balaban J connectivity index is 1.37. The molecule has 0 saturated carbocycles. The number of carbonyl (C=O) groups excluding carboxylic acids is 4. The number of anilines is 1. The van der Waals surface area contributed by atoms with E-state index in [0.29, 0.717) is 35.5 Å². The van der Waals surface area contributed by atoms with Crippen molar-refractivity contribution in [3.05, 3.63) is 143 Å². The summed E-state index contributed by atoms with van der Waals surface area (Å²) in [6, 6.07) is 28.6. The van der Waals surface area contributed by atoms with Gasteiger partial charge in [-0.2, -0.15) is 0 Å². The van der Waals surface area contributed by atoms with Gasteiger partial charge in [-0.1, -0.05) is 116 Å². The molecule has 4 aliphatic heterocycles. The number of carbonyl (C=O) groups is 4. The molecule has 9 rings (SSSR count). The van der Waals surface area contributed by atoms with Crippen molar-refractivity contribution in [1.82, 2.24) is 9.80 Å². The molecule has 342 valence electrons. The van der Waals surface area contributed by atoms with Crippen LogP contribution >= 0.6 is 0 Å². The Morgan fingerprint density at radius 1 is 0.788 bits per heavy atom. The first-order chi connectivity index (χ1) is 32.4. The summed E-state index contributed by atoms with van der Waals surface area (Å²) in [5, 5.41) is 10.1. The molecule has 1 aliphatic carbocycles. The molecule has 0 radical (unpaired) electrons. The lowest BCUT2D eigenvalue weighted by Crippen LogP contribution is -2.56. The Kier molecular flexibility index (Phi) is 13.7. The van der Waals surface area contributed by atoms with Crippen LogP contribution in [0.2, 0.25) is 0 Å². The number of fused-ring (bicyclic) bond motifs is 3. The Morgan fingerprint density at radius 2 is 1.50 bits per heavy atom. The smallest absolute Gasteiger partial charge is 0.421 e. The van der Waals surface area contributed by atoms with Crippen LogP contribution in [-0.4, -0.2) is 91.5 Å². The zero-order valence-electron chi connectivity index (χ0n) is 37.4. The summed E-state index contributed by atoms with van der Waals surface area (Å²) in [7, 11) is 1.49. The van der Waals surface area contributed by atoms with E-state index in [2.05, 4.69) is 17.9 Å². The van der Waals surface area contributed by atoms with E-state index in [-0.39, 0.29) is 38.0 Å². The standard InChI is InChI=1S/C54H57N3O9/c1-63-34-35-65-53(62)56-43-29-28-38(27-26-37-18-8-5-9-19-37)36-42(43)54(52(56)61)45(50(59)55-30-16-3-2-4-17-31-55)47-51(60)66-48(40-22-12-7-13-23-40)46(39-20-10-6-11-21-39)57(47)49(54)41-24-14-15-25-44(41)64-33-32-58/h6-7,10-15,18,20-25,28-29,36,45-49,58H,2-5,8-9,16-17,19,30-35H2,1H3/t45-,46-,47-,48+,49+,54-/m1/s1. The van der Waals surface area contributed by atoms with E-state index in [0.717, 1.165) is 79.4 Å². The first kappa shape index (κ1) is 44.9. The van der Waals surface area contributed by atoms with E-state index in [1.807, 2.05) is 94.7 Å². The summed E-state index contributed by atoms with van der Waals surface area (Å²) in [4.78, 5) is 67.8. The number of nitrogens with zero attached hydrogens (tertiary/aromatic N) is 3. The zero-order chi connectivity index (χ0) is 45.6. The van der Waals surface area contributed by atoms with Gasteiger partial charge in [-0.05, 0) is 85.1 Å². The molecule has 5 aliphatic rings. The number of aliphatic hydroxyl groups excluding tert-OH is 1. The van der Waals surface area contributed by atoms with Crippen molar-refractivity contribution >= 4 is 29.6 Å². The second-order valence-corrected chi connectivity index (χ2v) is 17.7. The number of esters is 1. The van der Waals surface area contributed by atoms with E-state index < -0.39 is 53.5 Å². The maximum atomic E-state index is 16.6. The van der Waals surface area contributed by atoms with Crippen LogP contribution in [0.25, 0.3) is 0 Å². The van der Waals surface area contributed by atoms with E-state index in [9.17, 15) is 9.90 Å². The van der Waals surface area contributed by atoms with Gasteiger partial charge < -0.3 is 29.0 Å². The van der Waals surface area contributed by atoms with Crippen LogP contribution in [-0.2, 0) is 34.0 Å². The summed E-state index contributed by atoms with van der Waals surface area (Å²) in [6.45, 7) is 0.480. The minimum Gasteiger partial charge on any atom is -0.491 e. The number of aliphatic hydroxyl groups is 1. The summed E-state index contributed by atoms with van der Waals surface area (Å²) in [5.74, 6) is 3.95. The number of morpholine rings is 1. The number of rotatable bonds is 10. The minimum absolute atomic E-state index is 0.0643. The highest BCUT2D eigenvalue weighted by Crippen LogP contribution is 2.67. The molecule has 1 N–H and O–H groups in total. The van der Waals surface area contributed by atoms with Crippen molar-refractivity contribution in [2.45, 2.75) is 87.4 Å².